The van der Waals surface area contributed by atoms with Crippen LogP contribution < -0.4 is 10.1 Å². The lowest BCUT2D eigenvalue weighted by molar-refractivity contribution is -0.159. The first-order valence-electron chi connectivity index (χ1n) is 9.51. The predicted molar refractivity (Wildman–Crippen MR) is 102 cm³/mol. The molecule has 2 aliphatic rings. The molecule has 1 aromatic carbocycles. The molecule has 3 amide bonds. The molecule has 8 heteroatoms. The zero-order valence-electron chi connectivity index (χ0n) is 16.4. The number of allylic oxidation sites excluding steroid dienone is 2. The van der Waals surface area contributed by atoms with Crippen molar-refractivity contribution in [2.45, 2.75) is 32.4 Å². The molecule has 1 heterocycles. The number of nitrogens with zero attached hydrogens (tertiary/aromatic N) is 1. The summed E-state index contributed by atoms with van der Waals surface area (Å²) in [5.74, 6) is -2.03. The molecule has 1 fully saturated rings. The third-order valence-corrected chi connectivity index (χ3v) is 5.19. The van der Waals surface area contributed by atoms with Crippen LogP contribution in [0.2, 0.25) is 0 Å². The summed E-state index contributed by atoms with van der Waals surface area (Å²) in [7, 11) is 1.57. The maximum Gasteiger partial charge on any atom is 0.326 e. The highest BCUT2D eigenvalue weighted by molar-refractivity contribution is 6.07. The fourth-order valence-corrected chi connectivity index (χ4v) is 3.52. The number of carbonyl (C=O) groups is 4. The Kier molecular flexibility index (Phi) is 6.31. The molecular weight excluding hydrogens is 376 g/mol. The van der Waals surface area contributed by atoms with E-state index in [-0.39, 0.29) is 18.4 Å². The monoisotopic (exact) mass is 400 g/mol. The van der Waals surface area contributed by atoms with Crippen molar-refractivity contribution in [2.75, 3.05) is 13.7 Å². The van der Waals surface area contributed by atoms with E-state index in [2.05, 4.69) is 5.32 Å². The van der Waals surface area contributed by atoms with Crippen LogP contribution in [0, 0.1) is 11.8 Å². The van der Waals surface area contributed by atoms with Crippen LogP contribution in [0.15, 0.2) is 36.4 Å². The first-order valence-corrected chi connectivity index (χ1v) is 9.51. The van der Waals surface area contributed by atoms with Crippen molar-refractivity contribution < 1.29 is 28.7 Å². The second-order valence-corrected chi connectivity index (χ2v) is 7.12. The molecule has 29 heavy (non-hydrogen) atoms. The molecule has 3 atom stereocenters. The van der Waals surface area contributed by atoms with Gasteiger partial charge in [-0.3, -0.25) is 24.1 Å². The highest BCUT2D eigenvalue weighted by atomic mass is 16.5. The van der Waals surface area contributed by atoms with Gasteiger partial charge in [0.05, 0.1) is 18.9 Å². The largest absolute Gasteiger partial charge is 0.497 e. The number of imide groups is 1. The van der Waals surface area contributed by atoms with Crippen LogP contribution >= 0.6 is 0 Å². The topological polar surface area (TPSA) is 102 Å². The van der Waals surface area contributed by atoms with Gasteiger partial charge in [-0.05, 0) is 37.5 Å². The third-order valence-electron chi connectivity index (χ3n) is 5.19. The lowest BCUT2D eigenvalue weighted by atomic mass is 9.85. The Labute approximate surface area is 168 Å². The molecule has 1 aromatic rings. The Bertz CT molecular complexity index is 806. The molecule has 0 aromatic heterocycles. The summed E-state index contributed by atoms with van der Waals surface area (Å²) in [4.78, 5) is 50.1. The lowest BCUT2D eigenvalue weighted by Gasteiger charge is -2.17. The highest BCUT2D eigenvalue weighted by Gasteiger charge is 2.47. The molecule has 0 spiro atoms. The van der Waals surface area contributed by atoms with Gasteiger partial charge in [0.25, 0.3) is 5.91 Å². The van der Waals surface area contributed by atoms with E-state index < -0.39 is 36.4 Å². The minimum atomic E-state index is -1.04. The maximum absolute atomic E-state index is 12.4. The van der Waals surface area contributed by atoms with E-state index in [9.17, 15) is 19.2 Å². The first-order chi connectivity index (χ1) is 13.9. The number of hydrogen-bond donors (Lipinski definition) is 1. The van der Waals surface area contributed by atoms with Gasteiger partial charge in [0, 0.05) is 6.54 Å². The van der Waals surface area contributed by atoms with Gasteiger partial charge in [0.2, 0.25) is 11.8 Å². The van der Waals surface area contributed by atoms with E-state index in [0.717, 1.165) is 10.5 Å². The predicted octanol–water partition coefficient (Wildman–Crippen LogP) is 1.19. The Morgan fingerprint density at radius 3 is 2.24 bits per heavy atom. The van der Waals surface area contributed by atoms with E-state index in [0.29, 0.717) is 18.6 Å². The number of esters is 1. The Morgan fingerprint density at radius 2 is 1.69 bits per heavy atom. The van der Waals surface area contributed by atoms with Crippen LogP contribution in [-0.4, -0.2) is 48.3 Å². The van der Waals surface area contributed by atoms with Crippen LogP contribution in [0.5, 0.6) is 5.75 Å². The molecule has 154 valence electrons. The Morgan fingerprint density at radius 1 is 1.10 bits per heavy atom. The summed E-state index contributed by atoms with van der Waals surface area (Å²) in [6.45, 7) is 1.24. The van der Waals surface area contributed by atoms with Crippen molar-refractivity contribution in [3.05, 3.63) is 42.0 Å². The summed E-state index contributed by atoms with van der Waals surface area (Å²) < 4.78 is 10.2. The first kappa shape index (κ1) is 20.6. The number of hydrogen-bond acceptors (Lipinski definition) is 6. The van der Waals surface area contributed by atoms with E-state index >= 15 is 0 Å². The second kappa shape index (κ2) is 8.89. The lowest BCUT2D eigenvalue weighted by Crippen LogP contribution is -2.40. The van der Waals surface area contributed by atoms with Crippen molar-refractivity contribution in [1.82, 2.24) is 10.2 Å². The number of benzene rings is 1. The van der Waals surface area contributed by atoms with E-state index in [1.54, 1.807) is 19.2 Å². The molecule has 1 aliphatic carbocycles. The minimum absolute atomic E-state index is 0.268. The van der Waals surface area contributed by atoms with Gasteiger partial charge in [-0.2, -0.15) is 0 Å². The zero-order chi connectivity index (χ0) is 21.0. The Hall–Kier alpha value is -3.16. The van der Waals surface area contributed by atoms with Gasteiger partial charge in [0.1, 0.15) is 12.3 Å². The van der Waals surface area contributed by atoms with Crippen LogP contribution in [0.4, 0.5) is 0 Å². The second-order valence-electron chi connectivity index (χ2n) is 7.12. The smallest absolute Gasteiger partial charge is 0.326 e. The molecule has 8 nitrogen and oxygen atoms in total. The highest BCUT2D eigenvalue weighted by Crippen LogP contribution is 2.34. The van der Waals surface area contributed by atoms with Gasteiger partial charge >= 0.3 is 5.97 Å². The van der Waals surface area contributed by atoms with Crippen molar-refractivity contribution in [3.63, 3.8) is 0 Å². The van der Waals surface area contributed by atoms with Crippen molar-refractivity contribution in [3.8, 4) is 5.75 Å². The van der Waals surface area contributed by atoms with Gasteiger partial charge in [-0.15, -0.1) is 0 Å². The summed E-state index contributed by atoms with van der Waals surface area (Å²) in [6.07, 6.45) is 3.72. The van der Waals surface area contributed by atoms with Crippen LogP contribution in [0.25, 0.3) is 0 Å². The molecule has 1 saturated heterocycles. The number of likely N-dealkylation sites (tertiary alicyclic amines) is 1. The molecule has 3 rings (SSSR count). The average Bonchev–Trinajstić information content (AvgIpc) is 2.97. The number of fused-ring (bicyclic) bond motifs is 1. The van der Waals surface area contributed by atoms with Crippen molar-refractivity contribution in [1.29, 1.82) is 0 Å². The summed E-state index contributed by atoms with van der Waals surface area (Å²) in [6, 6.07) is 7.19. The number of amides is 3. The molecule has 0 saturated carbocycles. The van der Waals surface area contributed by atoms with Crippen molar-refractivity contribution >= 4 is 23.7 Å². The number of nitrogens with one attached hydrogen (secondary N) is 1. The standard InChI is InChI=1S/C21H24N2O6/c1-13(19(25)22-11-14-7-9-15(28-2)10-8-14)29-18(24)12-23-20(26)16-5-3-4-6-17(16)21(23)27/h3-4,7-10,13,16-17H,5-6,11-12H2,1-2H3,(H,22,25)/t13-,16-,17-/m0/s1. The molecular formula is C21H24N2O6. The maximum atomic E-state index is 12.4. The zero-order valence-corrected chi connectivity index (χ0v) is 16.4. The van der Waals surface area contributed by atoms with E-state index in [1.165, 1.54) is 6.92 Å². The number of ether oxygens (including phenoxy) is 2. The summed E-state index contributed by atoms with van der Waals surface area (Å²) in [5, 5.41) is 2.68. The molecule has 1 aliphatic heterocycles. The molecule has 0 radical (unpaired) electrons. The Balaban J connectivity index is 1.47. The van der Waals surface area contributed by atoms with Gasteiger partial charge in [0.15, 0.2) is 6.10 Å². The summed E-state index contributed by atoms with van der Waals surface area (Å²) in [5.41, 5.74) is 0.863. The van der Waals surface area contributed by atoms with Crippen LogP contribution in [0.1, 0.15) is 25.3 Å². The van der Waals surface area contributed by atoms with Gasteiger partial charge < -0.3 is 14.8 Å². The fourth-order valence-electron chi connectivity index (χ4n) is 3.52. The SMILES string of the molecule is COc1ccc(CNC(=O)[C@H](C)OC(=O)CN2C(=O)[C@H]3CC=CC[C@@H]3C2=O)cc1. The van der Waals surface area contributed by atoms with E-state index in [1.807, 2.05) is 24.3 Å². The van der Waals surface area contributed by atoms with Gasteiger partial charge in [-0.1, -0.05) is 24.3 Å². The van der Waals surface area contributed by atoms with Crippen LogP contribution in [0.3, 0.4) is 0 Å². The molecule has 1 N–H and O–H groups in total. The van der Waals surface area contributed by atoms with Gasteiger partial charge in [-0.25, -0.2) is 0 Å². The van der Waals surface area contributed by atoms with Crippen LogP contribution in [-0.2, 0) is 30.5 Å². The van der Waals surface area contributed by atoms with E-state index in [4.69, 9.17) is 9.47 Å². The average molecular weight is 400 g/mol. The molecule has 0 bridgehead atoms. The molecule has 0 unspecified atom stereocenters. The van der Waals surface area contributed by atoms with Crippen molar-refractivity contribution in [2.24, 2.45) is 11.8 Å². The number of rotatable bonds is 7. The normalized spacial score (nSPS) is 21.5. The third kappa shape index (κ3) is 4.64. The quantitative estimate of drug-likeness (QED) is 0.419. The number of carbonyl (C=O) groups excluding carboxylic acids is 4. The fraction of sp³-hybridized carbons (Fsp3) is 0.429. The minimum Gasteiger partial charge on any atom is -0.497 e. The number of methoxy groups -OCH3 is 1. The summed E-state index contributed by atoms with van der Waals surface area (Å²) >= 11 is 0.